The summed E-state index contributed by atoms with van der Waals surface area (Å²) in [6.45, 7) is 6.12. The summed E-state index contributed by atoms with van der Waals surface area (Å²) in [4.78, 5) is 0. The summed E-state index contributed by atoms with van der Waals surface area (Å²) in [6, 6.07) is 0. The molecule has 0 spiro atoms. The SMILES string of the molecule is C=Cc1c(O)c(F)c(F)c(-c2c(F)c(F)c(O)c(C=C)c2F)c1F. The first-order valence-corrected chi connectivity index (χ1v) is 6.22. The molecular weight excluding hydrogens is 338 g/mol. The predicted octanol–water partition coefficient (Wildman–Crippen LogP) is 4.89. The number of halogens is 6. The molecule has 0 saturated carbocycles. The van der Waals surface area contributed by atoms with Crippen molar-refractivity contribution in [1.29, 1.82) is 0 Å². The fourth-order valence-electron chi connectivity index (χ4n) is 2.15. The Morgan fingerprint density at radius 2 is 0.833 bits per heavy atom. The van der Waals surface area contributed by atoms with Gasteiger partial charge in [-0.25, -0.2) is 17.6 Å². The van der Waals surface area contributed by atoms with Crippen molar-refractivity contribution in [2.24, 2.45) is 0 Å². The van der Waals surface area contributed by atoms with Crippen LogP contribution < -0.4 is 0 Å². The molecule has 0 aliphatic rings. The van der Waals surface area contributed by atoms with Crippen LogP contribution in [0.5, 0.6) is 11.5 Å². The van der Waals surface area contributed by atoms with E-state index in [1.807, 2.05) is 0 Å². The monoisotopic (exact) mass is 346 g/mol. The highest BCUT2D eigenvalue weighted by molar-refractivity contribution is 5.76. The first-order valence-electron chi connectivity index (χ1n) is 6.22. The lowest BCUT2D eigenvalue weighted by atomic mass is 9.96. The zero-order valence-corrected chi connectivity index (χ0v) is 11.7. The standard InChI is InChI=1S/C16H8F6O2/c1-3-5-9(17)7(11(19)13(21)15(5)23)8-10(18)6(4-2)16(24)14(22)12(8)20/h3-4,23-24H,1-2H2. The fraction of sp³-hybridized carbons (Fsp3) is 0. The number of phenolic OH excluding ortho intramolecular Hbond substituents is 2. The van der Waals surface area contributed by atoms with Crippen molar-refractivity contribution in [2.75, 3.05) is 0 Å². The van der Waals surface area contributed by atoms with Gasteiger partial charge in [0.1, 0.15) is 11.6 Å². The van der Waals surface area contributed by atoms with Crippen molar-refractivity contribution in [3.05, 3.63) is 59.2 Å². The molecule has 0 aromatic heterocycles. The Bertz CT molecular complexity index is 816. The second-order valence-electron chi connectivity index (χ2n) is 4.57. The van der Waals surface area contributed by atoms with Gasteiger partial charge in [0, 0.05) is 0 Å². The Morgan fingerprint density at radius 3 is 1.08 bits per heavy atom. The van der Waals surface area contributed by atoms with Crippen LogP contribution in [0.4, 0.5) is 26.3 Å². The molecular formula is C16H8F6O2. The third-order valence-electron chi connectivity index (χ3n) is 3.32. The molecule has 0 aliphatic heterocycles. The zero-order chi connectivity index (χ0) is 18.3. The molecule has 0 atom stereocenters. The van der Waals surface area contributed by atoms with Crippen LogP contribution in [0.1, 0.15) is 11.1 Å². The van der Waals surface area contributed by atoms with E-state index in [9.17, 15) is 36.6 Å². The second kappa shape index (κ2) is 5.95. The van der Waals surface area contributed by atoms with Crippen LogP contribution in [0.15, 0.2) is 13.2 Å². The molecule has 0 heterocycles. The highest BCUT2D eigenvalue weighted by Gasteiger charge is 2.32. The summed E-state index contributed by atoms with van der Waals surface area (Å²) >= 11 is 0. The maximum atomic E-state index is 14.3. The van der Waals surface area contributed by atoms with E-state index in [1.54, 1.807) is 0 Å². The smallest absolute Gasteiger partial charge is 0.201 e. The van der Waals surface area contributed by atoms with Crippen LogP contribution in [0.3, 0.4) is 0 Å². The number of benzene rings is 2. The van der Waals surface area contributed by atoms with Gasteiger partial charge in [0.2, 0.25) is 11.6 Å². The maximum absolute atomic E-state index is 14.3. The molecule has 0 amide bonds. The zero-order valence-electron chi connectivity index (χ0n) is 11.7. The molecule has 2 nitrogen and oxygen atoms in total. The Kier molecular flexibility index (Phi) is 4.33. The van der Waals surface area contributed by atoms with E-state index in [-0.39, 0.29) is 0 Å². The van der Waals surface area contributed by atoms with Gasteiger partial charge < -0.3 is 10.2 Å². The lowest BCUT2D eigenvalue weighted by molar-refractivity contribution is 0.393. The average Bonchev–Trinajstić information content (AvgIpc) is 2.55. The predicted molar refractivity (Wildman–Crippen MR) is 75.1 cm³/mol. The number of hydrogen-bond acceptors (Lipinski definition) is 2. The minimum absolute atomic E-state index is 0.581. The molecule has 0 saturated heterocycles. The van der Waals surface area contributed by atoms with Crippen LogP contribution in [0.2, 0.25) is 0 Å². The van der Waals surface area contributed by atoms with Crippen LogP contribution >= 0.6 is 0 Å². The van der Waals surface area contributed by atoms with Crippen molar-refractivity contribution in [1.82, 2.24) is 0 Å². The van der Waals surface area contributed by atoms with Gasteiger partial charge in [0.15, 0.2) is 23.1 Å². The molecule has 2 N–H and O–H groups in total. The quantitative estimate of drug-likeness (QED) is 0.614. The van der Waals surface area contributed by atoms with Gasteiger partial charge in [-0.2, -0.15) is 8.78 Å². The van der Waals surface area contributed by atoms with Gasteiger partial charge in [-0.15, -0.1) is 0 Å². The lowest BCUT2D eigenvalue weighted by Crippen LogP contribution is -2.06. The van der Waals surface area contributed by atoms with Crippen molar-refractivity contribution >= 4 is 12.2 Å². The van der Waals surface area contributed by atoms with Crippen molar-refractivity contribution in [3.63, 3.8) is 0 Å². The molecule has 0 bridgehead atoms. The Balaban J connectivity index is 3.09. The second-order valence-corrected chi connectivity index (χ2v) is 4.57. The van der Waals surface area contributed by atoms with Crippen molar-refractivity contribution < 1.29 is 36.6 Å². The van der Waals surface area contributed by atoms with Gasteiger partial charge in [-0.05, 0) is 0 Å². The third-order valence-corrected chi connectivity index (χ3v) is 3.32. The molecule has 0 unspecified atom stereocenters. The number of phenols is 2. The van der Waals surface area contributed by atoms with Gasteiger partial charge in [-0.3, -0.25) is 0 Å². The largest absolute Gasteiger partial charge is 0.504 e. The van der Waals surface area contributed by atoms with E-state index in [0.29, 0.717) is 12.2 Å². The highest BCUT2D eigenvalue weighted by Crippen LogP contribution is 2.42. The summed E-state index contributed by atoms with van der Waals surface area (Å²) in [7, 11) is 0. The van der Waals surface area contributed by atoms with Crippen LogP contribution in [-0.4, -0.2) is 10.2 Å². The number of hydrogen-bond donors (Lipinski definition) is 2. The third kappa shape index (κ3) is 2.22. The average molecular weight is 346 g/mol. The van der Waals surface area contributed by atoms with E-state index >= 15 is 0 Å². The van der Waals surface area contributed by atoms with E-state index in [4.69, 9.17) is 0 Å². The van der Waals surface area contributed by atoms with Crippen molar-refractivity contribution in [2.45, 2.75) is 0 Å². The van der Waals surface area contributed by atoms with Gasteiger partial charge >= 0.3 is 0 Å². The normalized spacial score (nSPS) is 10.8. The van der Waals surface area contributed by atoms with E-state index in [2.05, 4.69) is 13.2 Å². The van der Waals surface area contributed by atoms with Crippen LogP contribution in [0, 0.1) is 34.9 Å². The molecule has 2 aromatic carbocycles. The minimum atomic E-state index is -2.14. The molecule has 0 radical (unpaired) electrons. The first-order chi connectivity index (χ1) is 11.2. The minimum Gasteiger partial charge on any atom is -0.504 e. The van der Waals surface area contributed by atoms with Gasteiger partial charge in [0.25, 0.3) is 0 Å². The topological polar surface area (TPSA) is 40.5 Å². The van der Waals surface area contributed by atoms with Gasteiger partial charge in [0.05, 0.1) is 22.3 Å². The summed E-state index contributed by atoms with van der Waals surface area (Å²) < 4.78 is 84.0. The Hall–Kier alpha value is -2.90. The number of aromatic hydroxyl groups is 2. The summed E-state index contributed by atoms with van der Waals surface area (Å²) in [5.74, 6) is -14.8. The lowest BCUT2D eigenvalue weighted by Gasteiger charge is -2.15. The molecule has 126 valence electrons. The number of rotatable bonds is 3. The van der Waals surface area contributed by atoms with E-state index < -0.39 is 68.7 Å². The molecule has 2 rings (SSSR count). The van der Waals surface area contributed by atoms with E-state index in [1.165, 1.54) is 0 Å². The molecule has 24 heavy (non-hydrogen) atoms. The fourth-order valence-corrected chi connectivity index (χ4v) is 2.15. The molecule has 0 aliphatic carbocycles. The molecule has 2 aromatic rings. The summed E-state index contributed by atoms with van der Waals surface area (Å²) in [6.07, 6.45) is 1.16. The Morgan fingerprint density at radius 1 is 0.542 bits per heavy atom. The van der Waals surface area contributed by atoms with Gasteiger partial charge in [-0.1, -0.05) is 25.3 Å². The molecule has 8 heteroatoms. The highest BCUT2D eigenvalue weighted by atomic mass is 19.2. The molecule has 0 fully saturated rings. The summed E-state index contributed by atoms with van der Waals surface area (Å²) in [5.41, 5.74) is -5.15. The van der Waals surface area contributed by atoms with E-state index in [0.717, 1.165) is 0 Å². The summed E-state index contributed by atoms with van der Waals surface area (Å²) in [5, 5.41) is 18.6. The van der Waals surface area contributed by atoms with Crippen LogP contribution in [-0.2, 0) is 0 Å². The Labute approximate surface area is 131 Å². The van der Waals surface area contributed by atoms with Crippen molar-refractivity contribution in [3.8, 4) is 22.6 Å². The first kappa shape index (κ1) is 17.5. The maximum Gasteiger partial charge on any atom is 0.201 e. The van der Waals surface area contributed by atoms with Crippen LogP contribution in [0.25, 0.3) is 23.3 Å².